The molecule has 0 unspecified atom stereocenters. The molecule has 2 N–H and O–H groups in total. The molecule has 1 heterocycles. The Labute approximate surface area is 117 Å². The molecule has 0 aromatic carbocycles. The van der Waals surface area contributed by atoms with Crippen LogP contribution < -0.4 is 10.6 Å². The maximum atomic E-state index is 12.1. The van der Waals surface area contributed by atoms with Crippen molar-refractivity contribution in [1.82, 2.24) is 15.5 Å². The van der Waals surface area contributed by atoms with E-state index < -0.39 is 0 Å². The fourth-order valence-electron chi connectivity index (χ4n) is 3.30. The predicted molar refractivity (Wildman–Crippen MR) is 78.1 cm³/mol. The van der Waals surface area contributed by atoms with E-state index >= 15 is 0 Å². The van der Waals surface area contributed by atoms with Gasteiger partial charge in [-0.15, -0.1) is 0 Å². The molecule has 4 heteroatoms. The van der Waals surface area contributed by atoms with E-state index in [0.717, 1.165) is 26.2 Å². The van der Waals surface area contributed by atoms with Crippen molar-refractivity contribution in [2.24, 2.45) is 5.92 Å². The Balaban J connectivity index is 1.70. The van der Waals surface area contributed by atoms with Gasteiger partial charge in [0.1, 0.15) is 0 Å². The lowest BCUT2D eigenvalue weighted by Crippen LogP contribution is -2.49. The molecule has 0 spiro atoms. The average Bonchev–Trinajstić information content (AvgIpc) is 2.68. The fraction of sp³-hybridized carbons (Fsp3) is 0.933. The summed E-state index contributed by atoms with van der Waals surface area (Å²) in [5.41, 5.74) is 0. The van der Waals surface area contributed by atoms with Crippen LogP contribution >= 0.6 is 0 Å². The second-order valence-corrected chi connectivity index (χ2v) is 6.13. The number of carbonyl (C=O) groups is 1. The van der Waals surface area contributed by atoms with Gasteiger partial charge in [-0.3, -0.25) is 9.69 Å². The van der Waals surface area contributed by atoms with Gasteiger partial charge >= 0.3 is 0 Å². The molecule has 0 radical (unpaired) electrons. The SMILES string of the molecule is C[C@H](NC(=O)CN1CCNCC1)C1CCCCCC1. The van der Waals surface area contributed by atoms with Gasteiger partial charge in [-0.1, -0.05) is 25.7 Å². The van der Waals surface area contributed by atoms with Gasteiger partial charge in [0.2, 0.25) is 5.91 Å². The predicted octanol–water partition coefficient (Wildman–Crippen LogP) is 1.37. The smallest absolute Gasteiger partial charge is 0.234 e. The molecule has 1 aliphatic carbocycles. The third-order valence-corrected chi connectivity index (χ3v) is 4.57. The highest BCUT2D eigenvalue weighted by Crippen LogP contribution is 2.25. The Morgan fingerprint density at radius 2 is 1.84 bits per heavy atom. The van der Waals surface area contributed by atoms with Crippen molar-refractivity contribution in [2.45, 2.75) is 51.5 Å². The van der Waals surface area contributed by atoms with Crippen LogP contribution in [0.3, 0.4) is 0 Å². The Hall–Kier alpha value is -0.610. The Bertz CT molecular complexity index is 269. The number of carbonyl (C=O) groups excluding carboxylic acids is 1. The van der Waals surface area contributed by atoms with Crippen molar-refractivity contribution in [3.8, 4) is 0 Å². The molecule has 1 saturated carbocycles. The first-order chi connectivity index (χ1) is 9.25. The standard InChI is InChI=1S/C15H29N3O/c1-13(14-6-4-2-3-5-7-14)17-15(19)12-18-10-8-16-9-11-18/h13-14,16H,2-12H2,1H3,(H,17,19)/t13-/m0/s1. The van der Waals surface area contributed by atoms with E-state index in [1.165, 1.54) is 38.5 Å². The zero-order valence-corrected chi connectivity index (χ0v) is 12.3. The molecule has 1 aliphatic heterocycles. The van der Waals surface area contributed by atoms with Crippen LogP contribution in [0.15, 0.2) is 0 Å². The number of hydrogen-bond donors (Lipinski definition) is 2. The van der Waals surface area contributed by atoms with Gasteiger partial charge in [-0.25, -0.2) is 0 Å². The van der Waals surface area contributed by atoms with Crippen LogP contribution in [-0.4, -0.2) is 49.6 Å². The third-order valence-electron chi connectivity index (χ3n) is 4.57. The van der Waals surface area contributed by atoms with Crippen LogP contribution in [0.1, 0.15) is 45.4 Å². The zero-order valence-electron chi connectivity index (χ0n) is 12.3. The minimum Gasteiger partial charge on any atom is -0.352 e. The van der Waals surface area contributed by atoms with Crippen molar-refractivity contribution in [1.29, 1.82) is 0 Å². The molecule has 1 saturated heterocycles. The van der Waals surface area contributed by atoms with Crippen LogP contribution in [0, 0.1) is 5.92 Å². The largest absolute Gasteiger partial charge is 0.352 e. The summed E-state index contributed by atoms with van der Waals surface area (Å²) >= 11 is 0. The second kappa shape index (κ2) is 7.85. The Morgan fingerprint density at radius 1 is 1.21 bits per heavy atom. The lowest BCUT2D eigenvalue weighted by Gasteiger charge is -2.28. The van der Waals surface area contributed by atoms with Crippen LogP contribution in [-0.2, 0) is 4.79 Å². The summed E-state index contributed by atoms with van der Waals surface area (Å²) in [6, 6.07) is 0.341. The summed E-state index contributed by atoms with van der Waals surface area (Å²) < 4.78 is 0. The van der Waals surface area contributed by atoms with E-state index in [0.29, 0.717) is 18.5 Å². The minimum absolute atomic E-state index is 0.207. The van der Waals surface area contributed by atoms with Crippen LogP contribution in [0.5, 0.6) is 0 Å². The Morgan fingerprint density at radius 3 is 2.47 bits per heavy atom. The van der Waals surface area contributed by atoms with E-state index in [1.54, 1.807) is 0 Å². The fourth-order valence-corrected chi connectivity index (χ4v) is 3.30. The van der Waals surface area contributed by atoms with Gasteiger partial charge in [-0.2, -0.15) is 0 Å². The monoisotopic (exact) mass is 267 g/mol. The van der Waals surface area contributed by atoms with Crippen molar-refractivity contribution < 1.29 is 4.79 Å². The highest BCUT2D eigenvalue weighted by Gasteiger charge is 2.21. The minimum atomic E-state index is 0.207. The van der Waals surface area contributed by atoms with Crippen LogP contribution in [0.25, 0.3) is 0 Å². The maximum absolute atomic E-state index is 12.1. The van der Waals surface area contributed by atoms with Gasteiger partial charge in [-0.05, 0) is 25.7 Å². The summed E-state index contributed by atoms with van der Waals surface area (Å²) in [6.45, 7) is 6.75. The summed E-state index contributed by atoms with van der Waals surface area (Å²) in [5.74, 6) is 0.896. The van der Waals surface area contributed by atoms with Gasteiger partial charge in [0.15, 0.2) is 0 Å². The normalized spacial score (nSPS) is 24.7. The number of rotatable bonds is 4. The summed E-state index contributed by atoms with van der Waals surface area (Å²) in [6.07, 6.45) is 7.99. The molecule has 1 amide bonds. The van der Waals surface area contributed by atoms with Crippen LogP contribution in [0.4, 0.5) is 0 Å². The number of amides is 1. The van der Waals surface area contributed by atoms with E-state index in [4.69, 9.17) is 0 Å². The van der Waals surface area contributed by atoms with Gasteiger partial charge in [0.05, 0.1) is 6.54 Å². The summed E-state index contributed by atoms with van der Waals surface area (Å²) in [5, 5.41) is 6.54. The highest BCUT2D eigenvalue weighted by atomic mass is 16.2. The van der Waals surface area contributed by atoms with E-state index in [-0.39, 0.29) is 5.91 Å². The second-order valence-electron chi connectivity index (χ2n) is 6.13. The van der Waals surface area contributed by atoms with Gasteiger partial charge in [0, 0.05) is 32.2 Å². The van der Waals surface area contributed by atoms with E-state index in [1.807, 2.05) is 0 Å². The van der Waals surface area contributed by atoms with Crippen molar-refractivity contribution in [3.05, 3.63) is 0 Å². The molecule has 0 aromatic heterocycles. The van der Waals surface area contributed by atoms with Crippen molar-refractivity contribution in [3.63, 3.8) is 0 Å². The van der Waals surface area contributed by atoms with Crippen molar-refractivity contribution in [2.75, 3.05) is 32.7 Å². The number of nitrogens with zero attached hydrogens (tertiary/aromatic N) is 1. The molecule has 2 fully saturated rings. The lowest BCUT2D eigenvalue weighted by molar-refractivity contribution is -0.123. The van der Waals surface area contributed by atoms with E-state index in [9.17, 15) is 4.79 Å². The van der Waals surface area contributed by atoms with Crippen molar-refractivity contribution >= 4 is 5.91 Å². The maximum Gasteiger partial charge on any atom is 0.234 e. The van der Waals surface area contributed by atoms with Crippen LogP contribution in [0.2, 0.25) is 0 Å². The molecule has 19 heavy (non-hydrogen) atoms. The Kier molecular flexibility index (Phi) is 6.11. The number of hydrogen-bond acceptors (Lipinski definition) is 3. The van der Waals surface area contributed by atoms with E-state index in [2.05, 4.69) is 22.5 Å². The summed E-state index contributed by atoms with van der Waals surface area (Å²) in [4.78, 5) is 14.3. The average molecular weight is 267 g/mol. The summed E-state index contributed by atoms with van der Waals surface area (Å²) in [7, 11) is 0. The molecule has 2 rings (SSSR count). The molecule has 0 aromatic rings. The highest BCUT2D eigenvalue weighted by molar-refractivity contribution is 5.78. The molecular formula is C15H29N3O. The first kappa shape index (κ1) is 14.8. The third kappa shape index (κ3) is 5.11. The molecule has 4 nitrogen and oxygen atoms in total. The molecule has 0 bridgehead atoms. The number of nitrogens with one attached hydrogen (secondary N) is 2. The molecule has 110 valence electrons. The zero-order chi connectivity index (χ0) is 13.5. The first-order valence-corrected chi connectivity index (χ1v) is 7.98. The molecular weight excluding hydrogens is 238 g/mol. The quantitative estimate of drug-likeness (QED) is 0.756. The lowest BCUT2D eigenvalue weighted by atomic mass is 9.93. The topological polar surface area (TPSA) is 44.4 Å². The van der Waals surface area contributed by atoms with Gasteiger partial charge in [0.25, 0.3) is 0 Å². The first-order valence-electron chi connectivity index (χ1n) is 7.98. The molecule has 2 aliphatic rings. The number of piperazine rings is 1. The van der Waals surface area contributed by atoms with Gasteiger partial charge < -0.3 is 10.6 Å². The molecule has 1 atom stereocenters.